The molecule has 0 amide bonds. The second kappa shape index (κ2) is 48.7. The van der Waals surface area contributed by atoms with E-state index in [9.17, 15) is 113 Å². The maximum absolute atomic E-state index is 11.3. The molecule has 43 nitrogen and oxygen atoms in total. The van der Waals surface area contributed by atoms with Crippen molar-refractivity contribution in [1.82, 2.24) is 9.44 Å². The molecule has 9 unspecified atom stereocenters. The Morgan fingerprint density at radius 2 is 0.793 bits per heavy atom. The average Bonchev–Trinajstić information content (AvgIpc) is 0.808. The van der Waals surface area contributed by atoms with Crippen molar-refractivity contribution < 1.29 is 186 Å². The van der Waals surface area contributed by atoms with Gasteiger partial charge < -0.3 is 105 Å². The fraction of sp³-hybridized carbons (Fsp3) is 0.500. The quantitative estimate of drug-likeness (QED) is 0.00991. The van der Waals surface area contributed by atoms with Crippen LogP contribution in [0.4, 0.5) is 0 Å². The number of benzene rings is 5. The molecule has 4 heterocycles. The van der Waals surface area contributed by atoms with E-state index >= 15 is 0 Å². The van der Waals surface area contributed by atoms with Gasteiger partial charge in [-0.15, -0.1) is 4.33 Å². The minimum atomic E-state index is -5.17. The van der Waals surface area contributed by atoms with Gasteiger partial charge in [0.05, 0.1) is 139 Å². The minimum absolute atomic E-state index is 0.0372. The summed E-state index contributed by atoms with van der Waals surface area (Å²) in [5.41, 5.74) is 4.24. The molecule has 5 aromatic rings. The number of hydrogen-bond acceptors (Lipinski definition) is 42. The normalized spacial score (nSPS) is 25.3. The van der Waals surface area contributed by atoms with Crippen molar-refractivity contribution in [1.29, 1.82) is 0 Å². The summed E-state index contributed by atoms with van der Waals surface area (Å²) in [7, 11) is -29.3. The molecule has 4 aliphatic heterocycles. The summed E-state index contributed by atoms with van der Waals surface area (Å²) in [5, 5.41) is 45.9. The third-order valence-corrected chi connectivity index (χ3v) is 20.1. The average molecular weight is 1780 g/mol. The topological polar surface area (TPSA) is 658 Å². The summed E-state index contributed by atoms with van der Waals surface area (Å²) < 4.78 is 272. The zero-order valence-corrected chi connectivity index (χ0v) is 66.1. The highest BCUT2D eigenvalue weighted by Crippen LogP contribution is 2.31. The van der Waals surface area contributed by atoms with Gasteiger partial charge in [-0.2, -0.15) is 0 Å². The molecule has 0 spiro atoms. The van der Waals surface area contributed by atoms with Crippen molar-refractivity contribution in [3.63, 3.8) is 0 Å². The molecule has 10 rings (SSSR count). The summed E-state index contributed by atoms with van der Waals surface area (Å²) in [6.07, 6.45) is -9.54. The first-order chi connectivity index (χ1) is 54.7. The van der Waals surface area contributed by atoms with Gasteiger partial charge in [0.2, 0.25) is 41.6 Å². The van der Waals surface area contributed by atoms with Crippen LogP contribution in [0.5, 0.6) is 0 Å². The van der Waals surface area contributed by atoms with E-state index in [0.717, 1.165) is 41.5 Å². The van der Waals surface area contributed by atoms with Crippen LogP contribution in [0.15, 0.2) is 152 Å². The summed E-state index contributed by atoms with van der Waals surface area (Å²) in [4.78, 5) is 32.9. The van der Waals surface area contributed by atoms with E-state index in [1.165, 1.54) is 0 Å². The van der Waals surface area contributed by atoms with E-state index in [4.69, 9.17) is 46.8 Å². The van der Waals surface area contributed by atoms with Crippen molar-refractivity contribution in [2.45, 2.75) is 163 Å². The van der Waals surface area contributed by atoms with Crippen LogP contribution in [0.1, 0.15) is 72.8 Å². The lowest BCUT2D eigenvalue weighted by Gasteiger charge is -2.41. The van der Waals surface area contributed by atoms with Crippen molar-refractivity contribution in [2.75, 3.05) is 39.6 Å². The van der Waals surface area contributed by atoms with Crippen LogP contribution in [-0.4, -0.2) is 221 Å². The fourth-order valence-corrected chi connectivity index (χ4v) is 14.6. The Morgan fingerprint density at radius 3 is 1.16 bits per heavy atom. The number of ether oxygens (including phenoxy) is 9. The first-order valence-corrected chi connectivity index (χ1v) is 43.1. The smallest absolute Gasteiger partial charge is 0.218 e. The minimum Gasteiger partial charge on any atom is -0.735 e. The first kappa shape index (κ1) is 98.4. The Labute approximate surface area is 672 Å². The highest BCUT2D eigenvalue weighted by molar-refractivity contribution is 7.89. The van der Waals surface area contributed by atoms with Crippen LogP contribution in [0.2, 0.25) is 0 Å². The summed E-state index contributed by atoms with van der Waals surface area (Å²) >= 11 is -0.0426. The predicted octanol–water partition coefficient (Wildman–Crippen LogP) is -3.28. The molecule has 5 aromatic carbocycles. The molecule has 4 saturated heterocycles. The van der Waals surface area contributed by atoms with Crippen molar-refractivity contribution in [2.24, 2.45) is 5.92 Å². The summed E-state index contributed by atoms with van der Waals surface area (Å²) in [6, 6.07) is 43.7. The molecule has 1 aliphatic carbocycles. The largest absolute Gasteiger partial charge is 0.735 e. The van der Waals surface area contributed by atoms with Crippen LogP contribution < -0.4 is 30.0 Å². The summed E-state index contributed by atoms with van der Waals surface area (Å²) in [5.74, 6) is -4.40. The number of rotatable bonds is 36. The van der Waals surface area contributed by atoms with Crippen LogP contribution in [0.25, 0.3) is 0 Å². The number of carboxylic acids is 3. The van der Waals surface area contributed by atoms with E-state index in [2.05, 4.69) is 26.1 Å². The van der Waals surface area contributed by atoms with Crippen LogP contribution in [-0.2, 0) is 183 Å². The molecular weight excluding hydrogens is 1700 g/mol. The highest BCUT2D eigenvalue weighted by atomic mass is 32.3. The van der Waals surface area contributed by atoms with Gasteiger partial charge >= 0.3 is 0 Å². The van der Waals surface area contributed by atoms with Gasteiger partial charge in [0.15, 0.2) is 32.9 Å². The van der Waals surface area contributed by atoms with Gasteiger partial charge in [0.1, 0.15) is 30.5 Å². The van der Waals surface area contributed by atoms with E-state index in [1.807, 2.05) is 58.0 Å². The number of carboxylic acid groups (broad SMARTS) is 3. The van der Waals surface area contributed by atoms with E-state index in [1.54, 1.807) is 103 Å². The maximum atomic E-state index is 11.3. The Balaban J connectivity index is 0.000000227. The third kappa shape index (κ3) is 40.5. The number of carbonyl (C=O) groups excluding carboxylic acids is 3. The van der Waals surface area contributed by atoms with Crippen molar-refractivity contribution >= 4 is 92.4 Å². The second-order valence-corrected chi connectivity index (χ2v) is 32.2. The van der Waals surface area contributed by atoms with Crippen LogP contribution in [0.3, 0.4) is 0 Å². The lowest BCUT2D eigenvalue weighted by molar-refractivity contribution is -0.777. The van der Waals surface area contributed by atoms with E-state index in [0.29, 0.717) is 18.6 Å². The van der Waals surface area contributed by atoms with Gasteiger partial charge in [-0.25, -0.2) is 60.0 Å². The van der Waals surface area contributed by atoms with Gasteiger partial charge in [-0.05, 0) is 47.1 Å². The zero-order valence-electron chi connectivity index (χ0n) is 60.4. The molecule has 50 heteroatoms. The van der Waals surface area contributed by atoms with Gasteiger partial charge in [-0.3, -0.25) is 26.0 Å². The lowest BCUT2D eigenvalue weighted by atomic mass is 9.87. The Morgan fingerprint density at radius 1 is 0.405 bits per heavy atom. The Kier molecular flexibility index (Phi) is 41.3. The van der Waals surface area contributed by atoms with Gasteiger partial charge in [0, 0.05) is 31.1 Å². The first-order valence-electron chi connectivity index (χ1n) is 34.3. The molecule has 1 saturated carbocycles. The lowest BCUT2D eigenvalue weighted by Crippen LogP contribution is -2.60. The number of aliphatic carboxylic acids is 3. The fourth-order valence-electron chi connectivity index (χ4n) is 11.5. The molecule has 5 aliphatic rings. The molecule has 650 valence electrons. The monoisotopic (exact) mass is 1780 g/mol. The number of hydrogen-bond donors (Lipinski definition) is 2. The highest BCUT2D eigenvalue weighted by Gasteiger charge is 2.46. The van der Waals surface area contributed by atoms with Gasteiger partial charge in [-0.1, -0.05) is 158 Å². The summed E-state index contributed by atoms with van der Waals surface area (Å²) in [6.45, 7) is -1.62. The molecule has 0 radical (unpaired) electrons. The number of carbonyl (C=O) groups is 3. The Bertz CT molecular complexity index is 4340. The number of nitrogens with one attached hydrogen (secondary N) is 2. The molecule has 116 heavy (non-hydrogen) atoms. The molecule has 0 bridgehead atoms. The molecule has 2 N–H and O–H groups in total. The van der Waals surface area contributed by atoms with Crippen molar-refractivity contribution in [3.05, 3.63) is 179 Å². The van der Waals surface area contributed by atoms with Gasteiger partial charge in [0.25, 0.3) is 0 Å². The third-order valence-electron chi connectivity index (χ3n) is 16.7. The molecule has 5 fully saturated rings. The van der Waals surface area contributed by atoms with Crippen LogP contribution >= 0.6 is 12.3 Å². The molecular formula is C66H78N2O41S7-10. The predicted molar refractivity (Wildman–Crippen MR) is 373 cm³/mol. The van der Waals surface area contributed by atoms with Crippen molar-refractivity contribution in [3.8, 4) is 0 Å². The Hall–Kier alpha value is -6.44. The zero-order chi connectivity index (χ0) is 85.1. The standard InChI is InChI=1S/C14H18O3.2C13H19NO9S2.C13H16O12S2.C13H16O8S/c15-14(16)12-7-4-8-13(9-12)17-10-11-5-2-1-3-6-11;2*15-24(16,17)14-12-9-21-11(8-23-25(18,19)20)6-13(12)22-7-10-4-2-1-3-5-10;14-13(15)12-11(22-26-25-24-16)10(9(7-21-12)23-27(17,18)19)20-6-8-4-2-1-3-5-8;14-13(15)11-6-10(12(8-20-11)21-22(16,17)18)19-7-9-4-2-1-3-5-9/h1-3,5-6,12-13H,4,7-10H2,(H,15,16);2*1-5,11-14H,6-9H2,(H,15,16,17)(H,18,19,20);1-5,9-12,16H,6-7H2,(H,14,15)(H,17,18,19);1-5,10-12H,6-8H2,(H,14,15)(H,16,17,18)/p-10/t12?,13-;2*11?,12?,13-;9?,10-,11+,12?;10-,11?,12?/m01101/s1. The second-order valence-electron chi connectivity index (χ2n) is 25.3. The molecule has 0 aromatic heterocycles. The van der Waals surface area contributed by atoms with E-state index < -0.39 is 179 Å². The molecule has 15 atom stereocenters. The van der Waals surface area contributed by atoms with Crippen LogP contribution in [0, 0.1) is 5.92 Å². The maximum Gasteiger partial charge on any atom is 0.218 e. The van der Waals surface area contributed by atoms with E-state index in [-0.39, 0.29) is 89.9 Å². The SMILES string of the molecule is O=C([O-])C1CCC[C@H](OCc2ccccc2)C1.O=C([O-])C1C[C@@H](OCc2ccccc2)C(OS(=O)(=O)[O-])CO1.O=C([O-])C1OCC(OS(=O)(=O)[O-])[C@H](OCc2ccccc2)[C@H]1OSOO[O-].O=S(=O)([O-])NC1COC(COS(=O)(=O)[O-])C[C@H]1OCc1ccccc1.O=S(=O)([O-])NC1COC(COS(=O)(=O)[O-])C[C@H]1OCc1ccccc1.